The highest BCUT2D eigenvalue weighted by Crippen LogP contribution is 2.19. The molecule has 0 N–H and O–H groups in total. The molecule has 3 nitrogen and oxygen atoms in total. The summed E-state index contributed by atoms with van der Waals surface area (Å²) >= 11 is 0. The number of carbonyl (C=O) groups excluding carboxylic acids is 1. The molecule has 1 aliphatic rings. The average Bonchev–Trinajstić information content (AvgIpc) is 2.67. The van der Waals surface area contributed by atoms with Gasteiger partial charge in [-0.15, -0.1) is 0 Å². The third-order valence-electron chi connectivity index (χ3n) is 4.84. The Balaban J connectivity index is 1.70. The second-order valence-corrected chi connectivity index (χ2v) is 6.61. The number of piperidine rings is 1. The van der Waals surface area contributed by atoms with E-state index in [1.54, 1.807) is 0 Å². The predicted molar refractivity (Wildman–Crippen MR) is 101 cm³/mol. The van der Waals surface area contributed by atoms with E-state index >= 15 is 0 Å². The monoisotopic (exact) mass is 337 g/mol. The first-order valence-electron chi connectivity index (χ1n) is 9.30. The van der Waals surface area contributed by atoms with E-state index in [9.17, 15) is 4.79 Å². The molecule has 0 aromatic heterocycles. The van der Waals surface area contributed by atoms with Crippen LogP contribution in [-0.4, -0.2) is 36.6 Å². The van der Waals surface area contributed by atoms with Crippen LogP contribution in [0.15, 0.2) is 54.6 Å². The molecule has 1 heterocycles. The molecular weight excluding hydrogens is 310 g/mol. The number of rotatable bonds is 6. The minimum atomic E-state index is 0.146. The van der Waals surface area contributed by atoms with Crippen LogP contribution in [0.5, 0.6) is 0 Å². The van der Waals surface area contributed by atoms with Gasteiger partial charge in [0.1, 0.15) is 0 Å². The maximum absolute atomic E-state index is 13.1. The van der Waals surface area contributed by atoms with Crippen molar-refractivity contribution in [2.45, 2.75) is 38.7 Å². The Bertz CT molecular complexity index is 681. The Morgan fingerprint density at radius 1 is 1.08 bits per heavy atom. The number of carbonyl (C=O) groups is 1. The Morgan fingerprint density at radius 2 is 1.84 bits per heavy atom. The van der Waals surface area contributed by atoms with Crippen LogP contribution in [0.4, 0.5) is 0 Å². The van der Waals surface area contributed by atoms with Crippen molar-refractivity contribution in [3.8, 4) is 0 Å². The lowest BCUT2D eigenvalue weighted by atomic mass is 9.98. The third kappa shape index (κ3) is 4.70. The van der Waals surface area contributed by atoms with Crippen molar-refractivity contribution in [3.63, 3.8) is 0 Å². The number of ether oxygens (including phenoxy) is 1. The van der Waals surface area contributed by atoms with E-state index in [1.807, 2.05) is 36.1 Å². The van der Waals surface area contributed by atoms with Crippen LogP contribution in [-0.2, 0) is 17.6 Å². The molecule has 132 valence electrons. The fraction of sp³-hybridized carbons (Fsp3) is 0.409. The largest absolute Gasteiger partial charge is 0.377 e. The van der Waals surface area contributed by atoms with Gasteiger partial charge in [0, 0.05) is 25.3 Å². The molecule has 1 fully saturated rings. The zero-order valence-electron chi connectivity index (χ0n) is 15.0. The number of benzene rings is 2. The standard InChI is InChI=1S/C22H27NO2/c1-2-25-20-12-8-16-23(17-20)22(24)21-13-7-6-11-19(21)15-14-18-9-4-3-5-10-18/h3-7,9-11,13,20H,2,8,12,14-17H2,1H3. The highest BCUT2D eigenvalue weighted by atomic mass is 16.5. The molecule has 25 heavy (non-hydrogen) atoms. The van der Waals surface area contributed by atoms with Gasteiger partial charge in [-0.25, -0.2) is 0 Å². The van der Waals surface area contributed by atoms with E-state index in [-0.39, 0.29) is 12.0 Å². The van der Waals surface area contributed by atoms with Gasteiger partial charge >= 0.3 is 0 Å². The first-order chi connectivity index (χ1) is 12.3. The van der Waals surface area contributed by atoms with E-state index in [2.05, 4.69) is 30.3 Å². The minimum absolute atomic E-state index is 0.146. The van der Waals surface area contributed by atoms with Crippen LogP contribution < -0.4 is 0 Å². The molecule has 0 bridgehead atoms. The topological polar surface area (TPSA) is 29.5 Å². The van der Waals surface area contributed by atoms with Gasteiger partial charge in [-0.2, -0.15) is 0 Å². The molecule has 0 spiro atoms. The zero-order chi connectivity index (χ0) is 17.5. The molecule has 0 radical (unpaired) electrons. The zero-order valence-corrected chi connectivity index (χ0v) is 15.0. The van der Waals surface area contributed by atoms with Crippen molar-refractivity contribution in [2.24, 2.45) is 0 Å². The minimum Gasteiger partial charge on any atom is -0.377 e. The van der Waals surface area contributed by atoms with E-state index in [1.165, 1.54) is 5.56 Å². The maximum atomic E-state index is 13.1. The smallest absolute Gasteiger partial charge is 0.254 e. The first-order valence-corrected chi connectivity index (χ1v) is 9.30. The summed E-state index contributed by atoms with van der Waals surface area (Å²) < 4.78 is 5.74. The summed E-state index contributed by atoms with van der Waals surface area (Å²) in [6.07, 6.45) is 4.08. The predicted octanol–water partition coefficient (Wildman–Crippen LogP) is 4.11. The second kappa shape index (κ2) is 8.82. The first kappa shape index (κ1) is 17.7. The number of aryl methyl sites for hydroxylation is 2. The Kier molecular flexibility index (Phi) is 6.24. The van der Waals surface area contributed by atoms with E-state index < -0.39 is 0 Å². The lowest BCUT2D eigenvalue weighted by Crippen LogP contribution is -2.43. The van der Waals surface area contributed by atoms with E-state index in [4.69, 9.17) is 4.74 Å². The molecule has 2 aromatic rings. The van der Waals surface area contributed by atoms with Gasteiger partial charge in [-0.05, 0) is 49.8 Å². The number of likely N-dealkylation sites (tertiary alicyclic amines) is 1. The number of hydrogen-bond donors (Lipinski definition) is 0. The molecule has 0 aliphatic carbocycles. The van der Waals surface area contributed by atoms with Crippen molar-refractivity contribution in [1.82, 2.24) is 4.90 Å². The summed E-state index contributed by atoms with van der Waals surface area (Å²) in [5, 5.41) is 0. The Labute approximate surface area is 150 Å². The van der Waals surface area contributed by atoms with Crippen LogP contribution in [0.1, 0.15) is 41.3 Å². The lowest BCUT2D eigenvalue weighted by Gasteiger charge is -2.33. The molecule has 3 heteroatoms. The van der Waals surface area contributed by atoms with Crippen LogP contribution in [0.25, 0.3) is 0 Å². The normalized spacial score (nSPS) is 17.5. The van der Waals surface area contributed by atoms with Crippen LogP contribution in [0.2, 0.25) is 0 Å². The summed E-state index contributed by atoms with van der Waals surface area (Å²) in [6, 6.07) is 18.5. The fourth-order valence-corrected chi connectivity index (χ4v) is 3.54. The Hall–Kier alpha value is -2.13. The number of amides is 1. The maximum Gasteiger partial charge on any atom is 0.254 e. The van der Waals surface area contributed by atoms with Crippen molar-refractivity contribution in [3.05, 3.63) is 71.3 Å². The highest BCUT2D eigenvalue weighted by Gasteiger charge is 2.25. The van der Waals surface area contributed by atoms with E-state index in [0.29, 0.717) is 13.2 Å². The van der Waals surface area contributed by atoms with E-state index in [0.717, 1.165) is 43.4 Å². The number of hydrogen-bond acceptors (Lipinski definition) is 2. The van der Waals surface area contributed by atoms with Gasteiger partial charge < -0.3 is 9.64 Å². The van der Waals surface area contributed by atoms with Crippen LogP contribution in [0.3, 0.4) is 0 Å². The average molecular weight is 337 g/mol. The van der Waals surface area contributed by atoms with Crippen molar-refractivity contribution in [1.29, 1.82) is 0 Å². The lowest BCUT2D eigenvalue weighted by molar-refractivity contribution is 0.00720. The van der Waals surface area contributed by atoms with Crippen molar-refractivity contribution >= 4 is 5.91 Å². The molecule has 3 rings (SSSR count). The summed E-state index contributed by atoms with van der Waals surface area (Å²) in [5.74, 6) is 0.146. The van der Waals surface area contributed by atoms with Gasteiger partial charge in [0.25, 0.3) is 5.91 Å². The van der Waals surface area contributed by atoms with Crippen molar-refractivity contribution < 1.29 is 9.53 Å². The van der Waals surface area contributed by atoms with Gasteiger partial charge in [0.05, 0.1) is 6.10 Å². The van der Waals surface area contributed by atoms with Gasteiger partial charge in [0.2, 0.25) is 0 Å². The molecular formula is C22H27NO2. The molecule has 2 aromatic carbocycles. The Morgan fingerprint density at radius 3 is 2.64 bits per heavy atom. The SMILES string of the molecule is CCOC1CCCN(C(=O)c2ccccc2CCc2ccccc2)C1. The van der Waals surface area contributed by atoms with Crippen molar-refractivity contribution in [2.75, 3.05) is 19.7 Å². The number of nitrogens with zero attached hydrogens (tertiary/aromatic N) is 1. The summed E-state index contributed by atoms with van der Waals surface area (Å²) in [4.78, 5) is 15.0. The van der Waals surface area contributed by atoms with Gasteiger partial charge in [-0.3, -0.25) is 4.79 Å². The molecule has 1 atom stereocenters. The highest BCUT2D eigenvalue weighted by molar-refractivity contribution is 5.95. The molecule has 1 amide bonds. The summed E-state index contributed by atoms with van der Waals surface area (Å²) in [7, 11) is 0. The van der Waals surface area contributed by atoms with Gasteiger partial charge in [0.15, 0.2) is 0 Å². The third-order valence-corrected chi connectivity index (χ3v) is 4.84. The molecule has 1 aliphatic heterocycles. The second-order valence-electron chi connectivity index (χ2n) is 6.61. The fourth-order valence-electron chi connectivity index (χ4n) is 3.54. The molecule has 0 saturated carbocycles. The molecule has 1 unspecified atom stereocenters. The molecule has 1 saturated heterocycles. The van der Waals surface area contributed by atoms with Gasteiger partial charge in [-0.1, -0.05) is 48.5 Å². The quantitative estimate of drug-likeness (QED) is 0.794. The van der Waals surface area contributed by atoms with Crippen LogP contribution >= 0.6 is 0 Å². The summed E-state index contributed by atoms with van der Waals surface area (Å²) in [6.45, 7) is 4.26. The van der Waals surface area contributed by atoms with Crippen LogP contribution in [0, 0.1) is 0 Å². The summed E-state index contributed by atoms with van der Waals surface area (Å²) in [5.41, 5.74) is 3.28.